The predicted octanol–water partition coefficient (Wildman–Crippen LogP) is 0.259. The molecule has 0 aromatic heterocycles. The summed E-state index contributed by atoms with van der Waals surface area (Å²) in [5.41, 5.74) is 0. The van der Waals surface area contributed by atoms with E-state index in [1.165, 1.54) is 0 Å². The lowest BCUT2D eigenvalue weighted by molar-refractivity contribution is 0.403. The Labute approximate surface area is 44.3 Å². The molecule has 3 heteroatoms. The zero-order valence-corrected chi connectivity index (χ0v) is 4.59. The van der Waals surface area contributed by atoms with Crippen molar-refractivity contribution in [3.05, 3.63) is 0 Å². The lowest BCUT2D eigenvalue weighted by Crippen LogP contribution is -2.08. The van der Waals surface area contributed by atoms with Crippen molar-refractivity contribution in [3.63, 3.8) is 0 Å². The topological polar surface area (TPSA) is 40.5 Å². The third-order valence-electron chi connectivity index (χ3n) is 0.816. The van der Waals surface area contributed by atoms with Crippen molar-refractivity contribution in [3.8, 4) is 0 Å². The van der Waals surface area contributed by atoms with Crippen LogP contribution < -0.4 is 0 Å². The largest absolute Gasteiger partial charge is 0.605 e. The molecule has 43 valence electrons. The molecule has 0 bridgehead atoms. The Hall–Kier alpha value is -0.0151. The molecule has 0 saturated carbocycles. The molecule has 0 aliphatic heterocycles. The van der Waals surface area contributed by atoms with Gasteiger partial charge in [-0.1, -0.05) is 19.8 Å². The minimum absolute atomic E-state index is 0.510. The van der Waals surface area contributed by atoms with Crippen LogP contribution in [-0.2, 0) is 0 Å². The maximum Gasteiger partial charge on any atom is 0.133 e. The van der Waals surface area contributed by atoms with Crippen LogP contribution in [0.1, 0.15) is 19.8 Å². The quantitative estimate of drug-likeness (QED) is 0.501. The van der Waals surface area contributed by atoms with Gasteiger partial charge < -0.3 is 10.0 Å². The molecule has 0 spiro atoms. The fourth-order valence-electron chi connectivity index (χ4n) is 0.387. The van der Waals surface area contributed by atoms with E-state index in [2.05, 4.69) is 0 Å². The summed E-state index contributed by atoms with van der Waals surface area (Å²) in [6.07, 6.45) is 2.44. The van der Waals surface area contributed by atoms with Gasteiger partial charge >= 0.3 is 0 Å². The van der Waals surface area contributed by atoms with Gasteiger partial charge in [0.1, 0.15) is 7.12 Å². The fraction of sp³-hybridized carbons (Fsp3) is 1.00. The van der Waals surface area contributed by atoms with Crippen LogP contribution in [0, 0.1) is 0 Å². The molecular formula is C4H11BO2-. The van der Waals surface area contributed by atoms with E-state index in [0.717, 1.165) is 12.8 Å². The fourth-order valence-corrected chi connectivity index (χ4v) is 0.387. The molecule has 0 fully saturated rings. The molecule has 7 heavy (non-hydrogen) atoms. The van der Waals surface area contributed by atoms with E-state index in [-0.39, 0.29) is 0 Å². The van der Waals surface area contributed by atoms with E-state index in [1.807, 2.05) is 6.92 Å². The highest BCUT2D eigenvalue weighted by Crippen LogP contribution is 1.94. The van der Waals surface area contributed by atoms with Crippen LogP contribution in [0.15, 0.2) is 0 Å². The zero-order valence-electron chi connectivity index (χ0n) is 4.59. The van der Waals surface area contributed by atoms with Crippen LogP contribution in [0.5, 0.6) is 0 Å². The van der Waals surface area contributed by atoms with Crippen LogP contribution in [0.25, 0.3) is 0 Å². The first kappa shape index (κ1) is 6.98. The van der Waals surface area contributed by atoms with Crippen LogP contribution in [0.4, 0.5) is 0 Å². The van der Waals surface area contributed by atoms with Gasteiger partial charge in [-0.2, -0.15) is 6.32 Å². The SMILES string of the molecule is CCCC[B-](O)O. The van der Waals surface area contributed by atoms with Gasteiger partial charge in [0.05, 0.1) is 0 Å². The molecule has 0 rings (SSSR count). The summed E-state index contributed by atoms with van der Waals surface area (Å²) in [6.45, 7) is 2.02. The second kappa shape index (κ2) is 4.15. The molecule has 0 aliphatic carbocycles. The standard InChI is InChI=1S/C4H11BO2/c1-2-3-4-5(6)7/h6-7H,2-4H2,1H3/q-1. The lowest BCUT2D eigenvalue weighted by atomic mass is 9.84. The normalized spacial score (nSPS) is 10.3. The third kappa shape index (κ3) is 5.98. The summed E-state index contributed by atoms with van der Waals surface area (Å²) < 4.78 is 0. The summed E-state index contributed by atoms with van der Waals surface area (Å²) in [7, 11) is -1.10. The molecule has 2 N–H and O–H groups in total. The van der Waals surface area contributed by atoms with Gasteiger partial charge in [0, 0.05) is 0 Å². The molecule has 0 aromatic rings. The first-order chi connectivity index (χ1) is 3.27. The van der Waals surface area contributed by atoms with E-state index < -0.39 is 7.12 Å². The van der Waals surface area contributed by atoms with Crippen LogP contribution in [0.3, 0.4) is 0 Å². The average Bonchev–Trinajstić information content (AvgIpc) is 1.61. The summed E-state index contributed by atoms with van der Waals surface area (Å²) in [6, 6.07) is 0. The van der Waals surface area contributed by atoms with Gasteiger partial charge in [0.15, 0.2) is 0 Å². The molecule has 0 aromatic carbocycles. The molecule has 0 heterocycles. The van der Waals surface area contributed by atoms with E-state index in [1.54, 1.807) is 0 Å². The minimum Gasteiger partial charge on any atom is -0.605 e. The molecular weight excluding hydrogens is 90.9 g/mol. The maximum absolute atomic E-state index is 8.24. The van der Waals surface area contributed by atoms with E-state index in [0.29, 0.717) is 6.32 Å². The zero-order chi connectivity index (χ0) is 5.70. The van der Waals surface area contributed by atoms with Gasteiger partial charge in [0.2, 0.25) is 0 Å². The van der Waals surface area contributed by atoms with Crippen molar-refractivity contribution >= 4 is 7.12 Å². The van der Waals surface area contributed by atoms with Crippen molar-refractivity contribution < 1.29 is 10.0 Å². The lowest BCUT2D eigenvalue weighted by Gasteiger charge is -2.08. The van der Waals surface area contributed by atoms with Gasteiger partial charge in [-0.3, -0.25) is 0 Å². The van der Waals surface area contributed by atoms with Crippen molar-refractivity contribution in [1.82, 2.24) is 0 Å². The van der Waals surface area contributed by atoms with Crippen molar-refractivity contribution in [2.45, 2.75) is 26.1 Å². The van der Waals surface area contributed by atoms with Gasteiger partial charge in [-0.25, -0.2) is 0 Å². The van der Waals surface area contributed by atoms with E-state index >= 15 is 0 Å². The van der Waals surface area contributed by atoms with Crippen LogP contribution in [-0.4, -0.2) is 17.2 Å². The highest BCUT2D eigenvalue weighted by Gasteiger charge is 1.83. The Morgan fingerprint density at radius 1 is 1.43 bits per heavy atom. The first-order valence-electron chi connectivity index (χ1n) is 2.63. The molecule has 0 aliphatic rings. The first-order valence-corrected chi connectivity index (χ1v) is 2.63. The number of unbranched alkanes of at least 4 members (excludes halogenated alkanes) is 1. The second-order valence-corrected chi connectivity index (χ2v) is 1.62. The smallest absolute Gasteiger partial charge is 0.133 e. The Kier molecular flexibility index (Phi) is 4.14. The van der Waals surface area contributed by atoms with Crippen molar-refractivity contribution in [1.29, 1.82) is 0 Å². The van der Waals surface area contributed by atoms with Crippen LogP contribution in [0.2, 0.25) is 6.32 Å². The molecule has 0 saturated heterocycles. The predicted molar refractivity (Wildman–Crippen MR) is 29.9 cm³/mol. The van der Waals surface area contributed by atoms with E-state index in [9.17, 15) is 0 Å². The number of rotatable bonds is 3. The summed E-state index contributed by atoms with van der Waals surface area (Å²) >= 11 is 0. The third-order valence-corrected chi connectivity index (χ3v) is 0.816. The van der Waals surface area contributed by atoms with Crippen molar-refractivity contribution in [2.24, 2.45) is 0 Å². The van der Waals surface area contributed by atoms with E-state index in [4.69, 9.17) is 10.0 Å². The monoisotopic (exact) mass is 102 g/mol. The summed E-state index contributed by atoms with van der Waals surface area (Å²) in [5, 5.41) is 16.5. The molecule has 2 nitrogen and oxygen atoms in total. The molecule has 0 atom stereocenters. The van der Waals surface area contributed by atoms with Crippen LogP contribution >= 0.6 is 0 Å². The Balaban J connectivity index is 2.68. The summed E-state index contributed by atoms with van der Waals surface area (Å²) in [5.74, 6) is 0. The summed E-state index contributed by atoms with van der Waals surface area (Å²) in [4.78, 5) is 0. The second-order valence-electron chi connectivity index (χ2n) is 1.62. The molecule has 0 unspecified atom stereocenters. The van der Waals surface area contributed by atoms with Gasteiger partial charge in [0.25, 0.3) is 0 Å². The Morgan fingerprint density at radius 2 is 2.00 bits per heavy atom. The van der Waals surface area contributed by atoms with Gasteiger partial charge in [-0.05, 0) is 0 Å². The van der Waals surface area contributed by atoms with Crippen molar-refractivity contribution in [2.75, 3.05) is 0 Å². The Morgan fingerprint density at radius 3 is 2.14 bits per heavy atom. The average molecular weight is 102 g/mol. The van der Waals surface area contributed by atoms with Gasteiger partial charge in [-0.15, -0.1) is 0 Å². The Bertz CT molecular complexity index is 38.7. The number of hydrogen-bond acceptors (Lipinski definition) is 2. The number of hydrogen-bond donors (Lipinski definition) is 2. The highest BCUT2D eigenvalue weighted by molar-refractivity contribution is 6.40. The minimum atomic E-state index is -1.10. The highest BCUT2D eigenvalue weighted by atomic mass is 16.4. The maximum atomic E-state index is 8.24. The molecule has 1 radical (unpaired) electrons. The molecule has 0 amide bonds.